The van der Waals surface area contributed by atoms with Crippen LogP contribution in [0.15, 0.2) is 38.9 Å². The van der Waals surface area contributed by atoms with Crippen LogP contribution in [0.5, 0.6) is 0 Å². The van der Waals surface area contributed by atoms with Crippen LogP contribution in [0.4, 0.5) is 5.82 Å². The summed E-state index contributed by atoms with van der Waals surface area (Å²) in [6.45, 7) is -5.36. The van der Waals surface area contributed by atoms with Gasteiger partial charge in [0.25, 0.3) is 5.56 Å². The van der Waals surface area contributed by atoms with Crippen LogP contribution in [0.25, 0.3) is 0 Å². The van der Waals surface area contributed by atoms with Gasteiger partial charge in [0.05, 0.1) is 13.2 Å². The van der Waals surface area contributed by atoms with E-state index in [1.54, 1.807) is 0 Å². The maximum absolute atomic E-state index is 13.2. The van der Waals surface area contributed by atoms with Gasteiger partial charge in [-0.1, -0.05) is 12.2 Å². The van der Waals surface area contributed by atoms with E-state index in [4.69, 9.17) is 33.7 Å². The molecule has 17 nitrogen and oxygen atoms in total. The number of aliphatic hydroxyl groups is 2. The SMILES string of the molecule is CO[C@H]1C(O)[C@@H](COP(=O)(S)OC2[C@@H](CO)O[C@@H](n3ccc(N)nc3=O)[C@H]2OC)O[C@H]1n1ccc(=O)[nH]c1=O. The van der Waals surface area contributed by atoms with Gasteiger partial charge in [0.15, 0.2) is 12.5 Å². The summed E-state index contributed by atoms with van der Waals surface area (Å²) in [4.78, 5) is 41.6. The van der Waals surface area contributed by atoms with Gasteiger partial charge in [-0.3, -0.25) is 28.0 Å². The number of aromatic amines is 1. The van der Waals surface area contributed by atoms with Crippen LogP contribution >= 0.6 is 19.0 Å². The monoisotopic (exact) mass is 593 g/mol. The summed E-state index contributed by atoms with van der Waals surface area (Å²) >= 11 is 4.00. The number of hydrogen-bond donors (Lipinski definition) is 5. The van der Waals surface area contributed by atoms with Crippen molar-refractivity contribution in [1.29, 1.82) is 0 Å². The third-order valence-electron chi connectivity index (χ3n) is 6.23. The van der Waals surface area contributed by atoms with Crippen molar-refractivity contribution in [3.05, 3.63) is 55.8 Å². The number of ether oxygens (including phenoxy) is 4. The zero-order valence-corrected chi connectivity index (χ0v) is 22.4. The number of hydrogen-bond acceptors (Lipinski definition) is 14. The molecule has 0 aromatic carbocycles. The van der Waals surface area contributed by atoms with E-state index in [0.717, 1.165) is 15.2 Å². The van der Waals surface area contributed by atoms with Gasteiger partial charge in [-0.25, -0.2) is 14.2 Å². The summed E-state index contributed by atoms with van der Waals surface area (Å²) in [6, 6.07) is 2.46. The van der Waals surface area contributed by atoms with Crippen molar-refractivity contribution in [2.45, 2.75) is 49.1 Å². The first-order valence-corrected chi connectivity index (χ1v) is 14.2. The first kappa shape index (κ1) is 29.6. The van der Waals surface area contributed by atoms with Gasteiger partial charge in [0.2, 0.25) is 0 Å². The molecular formula is C20H28N5O12PS. The van der Waals surface area contributed by atoms with Crippen molar-refractivity contribution < 1.29 is 42.8 Å². The molecule has 0 aliphatic carbocycles. The van der Waals surface area contributed by atoms with Crippen LogP contribution in [-0.4, -0.2) is 93.4 Å². The Morgan fingerprint density at radius 2 is 1.72 bits per heavy atom. The topological polar surface area (TPSA) is 229 Å². The summed E-state index contributed by atoms with van der Waals surface area (Å²) in [5, 5.41) is 20.5. The number of aliphatic hydroxyl groups excluding tert-OH is 2. The molecule has 5 N–H and O–H groups in total. The minimum atomic E-state index is -4.24. The number of rotatable bonds is 10. The Hall–Kier alpha value is -2.38. The van der Waals surface area contributed by atoms with E-state index in [1.165, 1.54) is 32.7 Å². The lowest BCUT2D eigenvalue weighted by atomic mass is 10.1. The average Bonchev–Trinajstić information content (AvgIpc) is 3.38. The number of nitrogens with zero attached hydrogens (tertiary/aromatic N) is 3. The number of aromatic nitrogens is 4. The molecular weight excluding hydrogens is 565 g/mol. The second kappa shape index (κ2) is 12.0. The number of nitrogens with two attached hydrogens (primary N) is 1. The highest BCUT2D eigenvalue weighted by molar-refractivity contribution is 8.44. The van der Waals surface area contributed by atoms with Crippen molar-refractivity contribution in [2.75, 3.05) is 33.2 Å². The third-order valence-corrected chi connectivity index (χ3v) is 7.84. The second-order valence-electron chi connectivity index (χ2n) is 8.60. The Morgan fingerprint density at radius 1 is 1.08 bits per heavy atom. The highest BCUT2D eigenvalue weighted by Crippen LogP contribution is 2.56. The average molecular weight is 594 g/mol. The van der Waals surface area contributed by atoms with Gasteiger partial charge < -0.3 is 34.9 Å². The van der Waals surface area contributed by atoms with Crippen LogP contribution in [0, 0.1) is 0 Å². The second-order valence-corrected chi connectivity index (χ2v) is 11.5. The first-order chi connectivity index (χ1) is 18.5. The van der Waals surface area contributed by atoms with Gasteiger partial charge >= 0.3 is 18.2 Å². The van der Waals surface area contributed by atoms with Crippen LogP contribution in [0.2, 0.25) is 0 Å². The summed E-state index contributed by atoms with van der Waals surface area (Å²) in [6.07, 6.45) is -6.67. The smallest absolute Gasteiger partial charge is 0.386 e. The molecule has 216 valence electrons. The van der Waals surface area contributed by atoms with E-state index in [-0.39, 0.29) is 5.82 Å². The molecule has 2 aliphatic rings. The predicted molar refractivity (Wildman–Crippen MR) is 134 cm³/mol. The molecule has 39 heavy (non-hydrogen) atoms. The maximum Gasteiger partial charge on any atom is 0.386 e. The van der Waals surface area contributed by atoms with Crippen LogP contribution < -0.4 is 22.7 Å². The van der Waals surface area contributed by atoms with E-state index in [9.17, 15) is 29.2 Å². The number of nitrogen functional groups attached to an aromatic ring is 1. The van der Waals surface area contributed by atoms with E-state index in [0.29, 0.717) is 0 Å². The Bertz CT molecular complexity index is 1390. The molecule has 2 saturated heterocycles. The molecule has 2 aromatic rings. The van der Waals surface area contributed by atoms with Gasteiger partial charge in [0.1, 0.15) is 42.4 Å². The molecule has 9 atom stereocenters. The highest BCUT2D eigenvalue weighted by Gasteiger charge is 2.51. The molecule has 4 heterocycles. The molecule has 3 unspecified atom stereocenters. The molecule has 2 aromatic heterocycles. The Kier molecular flexibility index (Phi) is 9.12. The van der Waals surface area contributed by atoms with Crippen LogP contribution in [0.1, 0.15) is 12.5 Å². The summed E-state index contributed by atoms with van der Waals surface area (Å²) < 4.78 is 48.3. The van der Waals surface area contributed by atoms with E-state index >= 15 is 0 Å². The van der Waals surface area contributed by atoms with Crippen molar-refractivity contribution in [3.63, 3.8) is 0 Å². The normalized spacial score (nSPS) is 32.3. The molecule has 0 spiro atoms. The molecule has 19 heteroatoms. The lowest BCUT2D eigenvalue weighted by molar-refractivity contribution is -0.0625. The number of H-pyrrole nitrogens is 1. The van der Waals surface area contributed by atoms with E-state index in [1.807, 2.05) is 0 Å². The third kappa shape index (κ3) is 6.19. The Balaban J connectivity index is 1.47. The summed E-state index contributed by atoms with van der Waals surface area (Å²) in [5.74, 6) is -0.0114. The predicted octanol–water partition coefficient (Wildman–Crippen LogP) is -2.01. The lowest BCUT2D eigenvalue weighted by Crippen LogP contribution is -2.39. The van der Waals surface area contributed by atoms with Gasteiger partial charge in [-0.05, 0) is 6.07 Å². The quantitative estimate of drug-likeness (QED) is 0.148. The minimum Gasteiger partial charge on any atom is -0.394 e. The molecule has 2 fully saturated rings. The standard InChI is InChI=1S/C20H28N5O12PS/c1-32-15-13(28)10(36-17(15)25-6-4-12(27)23-20(25)30)8-34-38(31,39)37-14-9(7-26)35-18(16(14)33-2)24-5-3-11(21)22-19(24)29/h3-6,9-10,13-18,26,28H,7-8H2,1-2H3,(H,31,39)(H2,21,22,29)(H,23,27,30)/t9-,10-,13?,14?,15+,16+,17-,18-,38?/m1/s1. The summed E-state index contributed by atoms with van der Waals surface area (Å²) in [5.41, 5.74) is 3.37. The number of methoxy groups -OCH3 is 2. The highest BCUT2D eigenvalue weighted by atomic mass is 32.7. The molecule has 4 rings (SSSR count). The number of thiol groups is 1. The van der Waals surface area contributed by atoms with Crippen LogP contribution in [0.3, 0.4) is 0 Å². The molecule has 0 radical (unpaired) electrons. The van der Waals surface area contributed by atoms with Crippen molar-refractivity contribution in [2.24, 2.45) is 0 Å². The number of nitrogens with one attached hydrogen (secondary N) is 1. The molecule has 0 saturated carbocycles. The zero-order valence-electron chi connectivity index (χ0n) is 20.6. The fourth-order valence-electron chi connectivity index (χ4n) is 4.39. The molecule has 0 amide bonds. The van der Waals surface area contributed by atoms with E-state index in [2.05, 4.69) is 22.2 Å². The van der Waals surface area contributed by atoms with Gasteiger partial charge in [-0.2, -0.15) is 4.98 Å². The summed E-state index contributed by atoms with van der Waals surface area (Å²) in [7, 11) is 2.58. The zero-order chi connectivity index (χ0) is 28.5. The Labute approximate surface area is 225 Å². The van der Waals surface area contributed by atoms with Gasteiger partial charge in [-0.15, -0.1) is 0 Å². The molecule has 2 aliphatic heterocycles. The van der Waals surface area contributed by atoms with E-state index < -0.39 is 86.0 Å². The molecule has 0 bridgehead atoms. The lowest BCUT2D eigenvalue weighted by Gasteiger charge is -2.26. The minimum absolute atomic E-state index is 0.0114. The van der Waals surface area contributed by atoms with Gasteiger partial charge in [0, 0.05) is 32.7 Å². The maximum atomic E-state index is 13.2. The van der Waals surface area contributed by atoms with Crippen molar-refractivity contribution >= 4 is 24.9 Å². The number of anilines is 1. The fraction of sp³-hybridized carbons (Fsp3) is 0.600. The van der Waals surface area contributed by atoms with Crippen LogP contribution in [-0.2, 0) is 32.6 Å². The largest absolute Gasteiger partial charge is 0.394 e. The first-order valence-electron chi connectivity index (χ1n) is 11.5. The van der Waals surface area contributed by atoms with Crippen molar-refractivity contribution in [3.8, 4) is 0 Å². The van der Waals surface area contributed by atoms with Crippen molar-refractivity contribution in [1.82, 2.24) is 19.1 Å². The Morgan fingerprint density at radius 3 is 2.33 bits per heavy atom. The fourth-order valence-corrected chi connectivity index (χ4v) is 5.88.